The average molecular weight is 461 g/mol. The van der Waals surface area contributed by atoms with Crippen molar-refractivity contribution in [3.63, 3.8) is 0 Å². The first kappa shape index (κ1) is 24.5. The molecule has 0 radical (unpaired) electrons. The molecule has 0 unspecified atom stereocenters. The molecule has 0 saturated heterocycles. The van der Waals surface area contributed by atoms with Gasteiger partial charge in [-0.1, -0.05) is 30.3 Å². The van der Waals surface area contributed by atoms with Crippen LogP contribution in [0.1, 0.15) is 27.1 Å². The van der Waals surface area contributed by atoms with E-state index in [2.05, 4.69) is 21.3 Å². The second-order valence-corrected chi connectivity index (χ2v) is 7.49. The van der Waals surface area contributed by atoms with Crippen LogP contribution in [0.2, 0.25) is 0 Å². The zero-order valence-electron chi connectivity index (χ0n) is 19.0. The third-order valence-electron chi connectivity index (χ3n) is 4.83. The van der Waals surface area contributed by atoms with Crippen LogP contribution in [0.15, 0.2) is 78.9 Å². The molecule has 3 rings (SSSR count). The van der Waals surface area contributed by atoms with Crippen molar-refractivity contribution in [3.05, 3.63) is 90.0 Å². The zero-order chi connectivity index (χ0) is 24.2. The minimum absolute atomic E-state index is 0.0174. The normalized spacial score (nSPS) is 10.3. The van der Waals surface area contributed by atoms with E-state index < -0.39 is 0 Å². The molecule has 0 atom stereocenters. The highest BCUT2D eigenvalue weighted by molar-refractivity contribution is 6.04. The highest BCUT2D eigenvalue weighted by Crippen LogP contribution is 2.16. The summed E-state index contributed by atoms with van der Waals surface area (Å²) in [6.45, 7) is 1.10. The fraction of sp³-hybridized carbons (Fsp3) is 0.192. The number of ether oxygens (including phenoxy) is 1. The molecule has 0 aliphatic carbocycles. The molecule has 4 N–H and O–H groups in total. The van der Waals surface area contributed by atoms with Crippen molar-refractivity contribution in [1.82, 2.24) is 5.32 Å². The topological polar surface area (TPSA) is 109 Å². The summed E-state index contributed by atoms with van der Waals surface area (Å²) in [6, 6.07) is 22.8. The molecule has 0 aromatic heterocycles. The molecule has 8 nitrogen and oxygen atoms in total. The molecular weight excluding hydrogens is 432 g/mol. The molecule has 0 fully saturated rings. The van der Waals surface area contributed by atoms with E-state index in [1.807, 2.05) is 6.07 Å². The number of methoxy groups -OCH3 is 1. The monoisotopic (exact) mass is 460 g/mol. The fourth-order valence-corrected chi connectivity index (χ4v) is 3.15. The summed E-state index contributed by atoms with van der Waals surface area (Å²) >= 11 is 0. The molecule has 8 heteroatoms. The van der Waals surface area contributed by atoms with Gasteiger partial charge in [-0.2, -0.15) is 0 Å². The van der Waals surface area contributed by atoms with E-state index in [9.17, 15) is 14.4 Å². The highest BCUT2D eigenvalue weighted by Gasteiger charge is 2.09. The van der Waals surface area contributed by atoms with Gasteiger partial charge in [0.05, 0.1) is 6.54 Å². The van der Waals surface area contributed by atoms with E-state index in [0.717, 1.165) is 6.42 Å². The largest absolute Gasteiger partial charge is 0.385 e. The standard InChI is InChI=1S/C26H28N4O4/c1-34-15-7-14-27-25(32)20-10-5-12-22(16-20)29-24(31)18-28-21-11-6-13-23(17-21)30-26(33)19-8-3-2-4-9-19/h2-6,8-13,16-17,28H,7,14-15,18H2,1H3,(H,27,32)(H,29,31)(H,30,33). The molecule has 3 aromatic carbocycles. The maximum Gasteiger partial charge on any atom is 0.255 e. The van der Waals surface area contributed by atoms with Gasteiger partial charge in [-0.15, -0.1) is 0 Å². The number of carbonyl (C=O) groups is 3. The predicted octanol–water partition coefficient (Wildman–Crippen LogP) is 3.76. The summed E-state index contributed by atoms with van der Waals surface area (Å²) in [5, 5.41) is 11.5. The van der Waals surface area contributed by atoms with Crippen molar-refractivity contribution in [1.29, 1.82) is 0 Å². The lowest BCUT2D eigenvalue weighted by atomic mass is 10.2. The number of carbonyl (C=O) groups excluding carboxylic acids is 3. The minimum atomic E-state index is -0.267. The number of amides is 3. The first-order valence-corrected chi connectivity index (χ1v) is 10.9. The summed E-state index contributed by atoms with van der Waals surface area (Å²) in [7, 11) is 1.61. The van der Waals surface area contributed by atoms with Crippen molar-refractivity contribution in [3.8, 4) is 0 Å². The van der Waals surface area contributed by atoms with Gasteiger partial charge in [-0.05, 0) is 55.0 Å². The van der Waals surface area contributed by atoms with Gasteiger partial charge in [0.15, 0.2) is 0 Å². The molecule has 0 heterocycles. The third-order valence-corrected chi connectivity index (χ3v) is 4.83. The quantitative estimate of drug-likeness (QED) is 0.326. The Labute approximate surface area is 198 Å². The van der Waals surface area contributed by atoms with E-state index in [-0.39, 0.29) is 24.3 Å². The van der Waals surface area contributed by atoms with Gasteiger partial charge in [0, 0.05) is 48.5 Å². The molecular formula is C26H28N4O4. The Bertz CT molecular complexity index is 1120. The summed E-state index contributed by atoms with van der Waals surface area (Å²) < 4.78 is 4.97. The maximum absolute atomic E-state index is 12.4. The Morgan fingerprint density at radius 3 is 2.18 bits per heavy atom. The van der Waals surface area contributed by atoms with E-state index in [4.69, 9.17) is 4.74 Å². The molecule has 3 aromatic rings. The van der Waals surface area contributed by atoms with Crippen molar-refractivity contribution in [2.75, 3.05) is 42.8 Å². The Hall–Kier alpha value is -4.17. The van der Waals surface area contributed by atoms with E-state index in [1.54, 1.807) is 79.9 Å². The first-order chi connectivity index (χ1) is 16.5. The lowest BCUT2D eigenvalue weighted by molar-refractivity contribution is -0.114. The maximum atomic E-state index is 12.4. The van der Waals surface area contributed by atoms with Crippen molar-refractivity contribution < 1.29 is 19.1 Å². The van der Waals surface area contributed by atoms with Crippen LogP contribution < -0.4 is 21.3 Å². The van der Waals surface area contributed by atoms with Gasteiger partial charge < -0.3 is 26.0 Å². The average Bonchev–Trinajstić information content (AvgIpc) is 2.86. The van der Waals surface area contributed by atoms with Crippen molar-refractivity contribution >= 4 is 34.8 Å². The molecule has 3 amide bonds. The Balaban J connectivity index is 1.50. The molecule has 34 heavy (non-hydrogen) atoms. The van der Waals surface area contributed by atoms with Crippen molar-refractivity contribution in [2.24, 2.45) is 0 Å². The third kappa shape index (κ3) is 7.75. The number of benzene rings is 3. The number of anilines is 3. The van der Waals surface area contributed by atoms with Crippen LogP contribution in [0.3, 0.4) is 0 Å². The van der Waals surface area contributed by atoms with Crippen LogP contribution in [0.5, 0.6) is 0 Å². The fourth-order valence-electron chi connectivity index (χ4n) is 3.15. The van der Waals surface area contributed by atoms with Gasteiger partial charge in [0.25, 0.3) is 11.8 Å². The predicted molar refractivity (Wildman–Crippen MR) is 133 cm³/mol. The summed E-state index contributed by atoms with van der Waals surface area (Å²) in [5.74, 6) is -0.686. The molecule has 176 valence electrons. The van der Waals surface area contributed by atoms with E-state index >= 15 is 0 Å². The smallest absolute Gasteiger partial charge is 0.255 e. The van der Waals surface area contributed by atoms with Crippen molar-refractivity contribution in [2.45, 2.75) is 6.42 Å². The summed E-state index contributed by atoms with van der Waals surface area (Å²) in [5.41, 5.74) is 2.85. The summed E-state index contributed by atoms with van der Waals surface area (Å²) in [4.78, 5) is 37.0. The Kier molecular flexibility index (Phi) is 9.19. The SMILES string of the molecule is COCCCNC(=O)c1cccc(NC(=O)CNc2cccc(NC(=O)c3ccccc3)c2)c1. The van der Waals surface area contributed by atoms with Crippen LogP contribution in [0.4, 0.5) is 17.1 Å². The molecule has 0 spiro atoms. The van der Waals surface area contributed by atoms with Gasteiger partial charge in [-0.3, -0.25) is 14.4 Å². The van der Waals surface area contributed by atoms with Gasteiger partial charge in [0.1, 0.15) is 0 Å². The molecule has 0 saturated carbocycles. The van der Waals surface area contributed by atoms with Gasteiger partial charge in [0.2, 0.25) is 5.91 Å². The van der Waals surface area contributed by atoms with Crippen LogP contribution in [-0.4, -0.2) is 44.5 Å². The van der Waals surface area contributed by atoms with Crippen LogP contribution in [0, 0.1) is 0 Å². The Morgan fingerprint density at radius 1 is 0.735 bits per heavy atom. The van der Waals surface area contributed by atoms with Gasteiger partial charge >= 0.3 is 0 Å². The first-order valence-electron chi connectivity index (χ1n) is 10.9. The number of hydrogen-bond acceptors (Lipinski definition) is 5. The number of nitrogens with one attached hydrogen (secondary N) is 4. The van der Waals surface area contributed by atoms with Gasteiger partial charge in [-0.25, -0.2) is 0 Å². The lowest BCUT2D eigenvalue weighted by Gasteiger charge is -2.11. The molecule has 0 aliphatic heterocycles. The van der Waals surface area contributed by atoms with Crippen LogP contribution in [0.25, 0.3) is 0 Å². The lowest BCUT2D eigenvalue weighted by Crippen LogP contribution is -2.25. The second kappa shape index (κ2) is 12.8. The summed E-state index contributed by atoms with van der Waals surface area (Å²) in [6.07, 6.45) is 0.724. The van der Waals surface area contributed by atoms with E-state index in [1.165, 1.54) is 0 Å². The van der Waals surface area contributed by atoms with Crippen LogP contribution in [-0.2, 0) is 9.53 Å². The second-order valence-electron chi connectivity index (χ2n) is 7.49. The number of rotatable bonds is 11. The number of hydrogen-bond donors (Lipinski definition) is 4. The zero-order valence-corrected chi connectivity index (χ0v) is 19.0. The molecule has 0 aliphatic rings. The van der Waals surface area contributed by atoms with Crippen LogP contribution >= 0.6 is 0 Å². The Morgan fingerprint density at radius 2 is 1.41 bits per heavy atom. The van der Waals surface area contributed by atoms with E-state index in [0.29, 0.717) is 41.3 Å². The highest BCUT2D eigenvalue weighted by atomic mass is 16.5. The molecule has 0 bridgehead atoms. The minimum Gasteiger partial charge on any atom is -0.385 e.